The predicted molar refractivity (Wildman–Crippen MR) is 160 cm³/mol. The summed E-state index contributed by atoms with van der Waals surface area (Å²) in [6, 6.07) is 6.86. The lowest BCUT2D eigenvalue weighted by atomic mass is 9.86. The summed E-state index contributed by atoms with van der Waals surface area (Å²) in [6.07, 6.45) is 1.34. The van der Waals surface area contributed by atoms with Crippen LogP contribution in [-0.4, -0.2) is 32.1 Å². The van der Waals surface area contributed by atoms with Gasteiger partial charge in [0.25, 0.3) is 0 Å². The third-order valence-corrected chi connectivity index (χ3v) is 12.6. The second kappa shape index (κ2) is 11.7. The van der Waals surface area contributed by atoms with Gasteiger partial charge in [0.2, 0.25) is 5.43 Å². The van der Waals surface area contributed by atoms with E-state index in [1.165, 1.54) is 30.5 Å². The van der Waals surface area contributed by atoms with Crippen LogP contribution < -0.4 is 5.43 Å². The molecule has 0 radical (unpaired) electrons. The molecule has 1 heterocycles. The second-order valence-electron chi connectivity index (χ2n) is 12.8. The number of carbonyl (C=O) groups is 1. The number of fused-ring (bicyclic) bond motifs is 1. The molecule has 0 aliphatic carbocycles. The molecular formula is C31H40ClF2NO4Si. The van der Waals surface area contributed by atoms with Crippen molar-refractivity contribution < 1.29 is 22.7 Å². The number of benzene rings is 2. The Hall–Kier alpha value is -2.55. The molecule has 3 rings (SSSR count). The zero-order valence-electron chi connectivity index (χ0n) is 24.9. The SMILES string of the molecule is CCOC(=O)c1cn(C(CO[Si](C)(C)C(C)(C)C)C(C)(C)C)c2cc(F)c(Cc3cccc(Cl)c3F)cc2c1=O. The van der Waals surface area contributed by atoms with Crippen LogP contribution in [0, 0.1) is 17.0 Å². The smallest absolute Gasteiger partial charge is 0.343 e. The maximum absolute atomic E-state index is 15.6. The Balaban J connectivity index is 2.27. The van der Waals surface area contributed by atoms with Crippen LogP contribution in [0.3, 0.4) is 0 Å². The van der Waals surface area contributed by atoms with Gasteiger partial charge in [-0.15, -0.1) is 0 Å². The number of hydrogen-bond acceptors (Lipinski definition) is 4. The Kier molecular flexibility index (Phi) is 9.39. The third kappa shape index (κ3) is 6.66. The first kappa shape index (κ1) is 32.0. The fourth-order valence-corrected chi connectivity index (χ4v) is 5.51. The van der Waals surface area contributed by atoms with E-state index in [-0.39, 0.29) is 51.2 Å². The van der Waals surface area contributed by atoms with Crippen LogP contribution in [0.4, 0.5) is 8.78 Å². The molecule has 1 unspecified atom stereocenters. The first-order valence-corrected chi connectivity index (χ1v) is 16.8. The summed E-state index contributed by atoms with van der Waals surface area (Å²) in [6.45, 7) is 18.9. The summed E-state index contributed by atoms with van der Waals surface area (Å²) in [5, 5.41) is 0.0414. The Labute approximate surface area is 241 Å². The monoisotopic (exact) mass is 591 g/mol. The number of esters is 1. The van der Waals surface area contributed by atoms with Crippen LogP contribution in [-0.2, 0) is 15.6 Å². The molecule has 3 aromatic rings. The molecule has 0 saturated heterocycles. The average molecular weight is 592 g/mol. The van der Waals surface area contributed by atoms with Gasteiger partial charge in [-0.05, 0) is 59.8 Å². The van der Waals surface area contributed by atoms with Crippen molar-refractivity contribution in [1.29, 1.82) is 0 Å². The van der Waals surface area contributed by atoms with E-state index in [9.17, 15) is 14.0 Å². The first-order valence-electron chi connectivity index (χ1n) is 13.5. The Morgan fingerprint density at radius 1 is 1.07 bits per heavy atom. The van der Waals surface area contributed by atoms with Crippen molar-refractivity contribution in [3.63, 3.8) is 0 Å². The summed E-state index contributed by atoms with van der Waals surface area (Å²) in [7, 11) is -2.17. The Bertz CT molecular complexity index is 1470. The number of ether oxygens (including phenoxy) is 1. The van der Waals surface area contributed by atoms with Crippen LogP contribution in [0.25, 0.3) is 10.9 Å². The molecule has 9 heteroatoms. The number of pyridine rings is 1. The van der Waals surface area contributed by atoms with Crippen molar-refractivity contribution in [2.75, 3.05) is 13.2 Å². The van der Waals surface area contributed by atoms with Gasteiger partial charge in [-0.1, -0.05) is 65.3 Å². The van der Waals surface area contributed by atoms with Gasteiger partial charge in [0.1, 0.15) is 17.2 Å². The lowest BCUT2D eigenvalue weighted by Gasteiger charge is -2.40. The molecule has 0 aliphatic rings. The molecule has 0 spiro atoms. The molecule has 0 aliphatic heterocycles. The fraction of sp³-hybridized carbons (Fsp3) is 0.484. The predicted octanol–water partition coefficient (Wildman–Crippen LogP) is 8.31. The van der Waals surface area contributed by atoms with Gasteiger partial charge in [-0.3, -0.25) is 4.79 Å². The van der Waals surface area contributed by atoms with Crippen molar-refractivity contribution in [2.24, 2.45) is 5.41 Å². The minimum absolute atomic E-state index is 0.0340. The highest BCUT2D eigenvalue weighted by atomic mass is 35.5. The zero-order chi connectivity index (χ0) is 30.2. The number of halogens is 3. The summed E-state index contributed by atoms with van der Waals surface area (Å²) in [5.41, 5.74) is -0.483. The molecule has 40 heavy (non-hydrogen) atoms. The lowest BCUT2D eigenvalue weighted by molar-refractivity contribution is 0.0522. The molecule has 1 atom stereocenters. The molecule has 0 bridgehead atoms. The van der Waals surface area contributed by atoms with Crippen molar-refractivity contribution in [1.82, 2.24) is 4.57 Å². The van der Waals surface area contributed by atoms with Crippen molar-refractivity contribution in [3.8, 4) is 0 Å². The average Bonchev–Trinajstić information content (AvgIpc) is 2.82. The molecular weight excluding hydrogens is 552 g/mol. The van der Waals surface area contributed by atoms with Gasteiger partial charge < -0.3 is 13.7 Å². The van der Waals surface area contributed by atoms with Crippen LogP contribution in [0.5, 0.6) is 0 Å². The first-order chi connectivity index (χ1) is 18.4. The van der Waals surface area contributed by atoms with E-state index < -0.39 is 36.8 Å². The Morgan fingerprint density at radius 2 is 1.73 bits per heavy atom. The molecule has 0 saturated carbocycles. The number of rotatable bonds is 8. The molecule has 0 N–H and O–H groups in total. The van der Waals surface area contributed by atoms with E-state index in [2.05, 4.69) is 33.9 Å². The largest absolute Gasteiger partial charge is 0.462 e. The van der Waals surface area contributed by atoms with Crippen LogP contribution in [0.2, 0.25) is 23.2 Å². The van der Waals surface area contributed by atoms with Crippen molar-refractivity contribution >= 4 is 36.8 Å². The summed E-state index contributed by atoms with van der Waals surface area (Å²) >= 11 is 5.93. The summed E-state index contributed by atoms with van der Waals surface area (Å²) in [5.74, 6) is -1.99. The van der Waals surface area contributed by atoms with Gasteiger partial charge in [0, 0.05) is 18.0 Å². The lowest BCUT2D eigenvalue weighted by Crippen LogP contribution is -2.43. The molecule has 1 aromatic heterocycles. The van der Waals surface area contributed by atoms with Crippen LogP contribution in [0.15, 0.2) is 41.3 Å². The standard InChI is InChI=1S/C31H40ClF2NO4Si/c1-10-38-29(37)22-17-35(26(30(2,3)4)18-39-40(8,9)31(5,6)7)25-16-24(33)20(15-21(25)28(22)36)14-19-12-11-13-23(32)27(19)34/h11-13,15-17,26H,10,14,18H2,1-9H3. The second-order valence-corrected chi connectivity index (χ2v) is 18.0. The van der Waals surface area contributed by atoms with Gasteiger partial charge in [-0.25, -0.2) is 13.6 Å². The molecule has 0 amide bonds. The van der Waals surface area contributed by atoms with Crippen LogP contribution in [0.1, 0.15) is 76.0 Å². The quantitative estimate of drug-likeness (QED) is 0.195. The highest BCUT2D eigenvalue weighted by Crippen LogP contribution is 2.40. The maximum Gasteiger partial charge on any atom is 0.343 e. The number of hydrogen-bond donors (Lipinski definition) is 0. The van der Waals surface area contributed by atoms with Gasteiger partial charge >= 0.3 is 5.97 Å². The number of aromatic nitrogens is 1. The summed E-state index contributed by atoms with van der Waals surface area (Å²) in [4.78, 5) is 26.5. The van der Waals surface area contributed by atoms with Crippen molar-refractivity contribution in [3.05, 3.63) is 80.1 Å². The Morgan fingerprint density at radius 3 is 2.30 bits per heavy atom. The zero-order valence-corrected chi connectivity index (χ0v) is 26.6. The maximum atomic E-state index is 15.6. The van der Waals surface area contributed by atoms with E-state index >= 15 is 4.39 Å². The van der Waals surface area contributed by atoms with Crippen molar-refractivity contribution in [2.45, 2.75) is 79.1 Å². The van der Waals surface area contributed by atoms with E-state index in [0.717, 1.165) is 0 Å². The molecule has 2 aromatic carbocycles. The number of carbonyl (C=O) groups excluding carboxylic acids is 1. The summed E-state index contributed by atoms with van der Waals surface area (Å²) < 4.78 is 43.8. The van der Waals surface area contributed by atoms with E-state index in [1.807, 2.05) is 20.8 Å². The van der Waals surface area contributed by atoms with Gasteiger partial charge in [-0.2, -0.15) is 0 Å². The highest BCUT2D eigenvalue weighted by molar-refractivity contribution is 6.74. The molecule has 5 nitrogen and oxygen atoms in total. The highest BCUT2D eigenvalue weighted by Gasteiger charge is 2.39. The molecule has 218 valence electrons. The fourth-order valence-electron chi connectivity index (χ4n) is 4.30. The minimum atomic E-state index is -2.17. The topological polar surface area (TPSA) is 57.5 Å². The van der Waals surface area contributed by atoms with Crippen LogP contribution >= 0.6 is 11.6 Å². The van der Waals surface area contributed by atoms with E-state index in [0.29, 0.717) is 12.1 Å². The van der Waals surface area contributed by atoms with E-state index in [1.54, 1.807) is 17.6 Å². The normalized spacial score (nSPS) is 13.5. The van der Waals surface area contributed by atoms with Gasteiger partial charge in [0.05, 0.1) is 29.8 Å². The number of nitrogens with zero attached hydrogens (tertiary/aromatic N) is 1. The third-order valence-electron chi connectivity index (χ3n) is 7.85. The van der Waals surface area contributed by atoms with E-state index in [4.69, 9.17) is 20.8 Å². The molecule has 0 fully saturated rings. The van der Waals surface area contributed by atoms with Gasteiger partial charge in [0.15, 0.2) is 8.32 Å². The minimum Gasteiger partial charge on any atom is -0.462 e.